The summed E-state index contributed by atoms with van der Waals surface area (Å²) in [6.45, 7) is 0. The largest absolute Gasteiger partial charge is 0.469 e. The number of fused-ring (bicyclic) bond motifs is 1. The Kier molecular flexibility index (Phi) is 6.74. The van der Waals surface area contributed by atoms with Crippen molar-refractivity contribution < 1.29 is 14.3 Å². The first-order valence-electron chi connectivity index (χ1n) is 11.3. The maximum absolute atomic E-state index is 13.1. The predicted octanol–water partition coefficient (Wildman–Crippen LogP) is 4.26. The van der Waals surface area contributed by atoms with Crippen molar-refractivity contribution in [2.75, 3.05) is 12.0 Å². The molecule has 3 aromatic rings. The highest BCUT2D eigenvalue weighted by Gasteiger charge is 2.28. The lowest BCUT2D eigenvalue weighted by Gasteiger charge is -2.29. The minimum Gasteiger partial charge on any atom is -0.469 e. The first kappa shape index (κ1) is 22.5. The number of benzene rings is 2. The van der Waals surface area contributed by atoms with Crippen molar-refractivity contribution in [1.29, 1.82) is 5.26 Å². The molecule has 0 unspecified atom stereocenters. The van der Waals surface area contributed by atoms with E-state index in [1.54, 1.807) is 0 Å². The molecule has 1 fully saturated rings. The second kappa shape index (κ2) is 9.86. The van der Waals surface area contributed by atoms with E-state index in [0.29, 0.717) is 12.0 Å². The van der Waals surface area contributed by atoms with E-state index >= 15 is 0 Å². The molecule has 0 atom stereocenters. The smallest absolute Gasteiger partial charge is 0.306 e. The normalized spacial score (nSPS) is 13.7. The van der Waals surface area contributed by atoms with E-state index < -0.39 is 0 Å². The summed E-state index contributed by atoms with van der Waals surface area (Å²) in [6, 6.07) is 15.8. The Bertz CT molecular complexity index is 1200. The minimum absolute atomic E-state index is 0.0552. The van der Waals surface area contributed by atoms with Crippen molar-refractivity contribution >= 4 is 28.6 Å². The lowest BCUT2D eigenvalue weighted by atomic mass is 10.1. The molecule has 0 N–H and O–H groups in total. The molecule has 0 radical (unpaired) electrons. The topological polar surface area (TPSA) is 88.2 Å². The van der Waals surface area contributed by atoms with Gasteiger partial charge in [0.05, 0.1) is 36.2 Å². The van der Waals surface area contributed by atoms with Gasteiger partial charge < -0.3 is 14.2 Å². The molecule has 1 heterocycles. The van der Waals surface area contributed by atoms with E-state index in [4.69, 9.17) is 15.0 Å². The van der Waals surface area contributed by atoms with Gasteiger partial charge in [-0.3, -0.25) is 9.59 Å². The van der Waals surface area contributed by atoms with Crippen molar-refractivity contribution in [3.05, 3.63) is 59.4 Å². The van der Waals surface area contributed by atoms with Gasteiger partial charge in [0.1, 0.15) is 5.82 Å². The number of imidazole rings is 1. The Morgan fingerprint density at radius 2 is 1.88 bits per heavy atom. The summed E-state index contributed by atoms with van der Waals surface area (Å²) in [5, 5.41) is 9.00. The molecule has 1 aromatic heterocycles. The number of rotatable bonds is 7. The van der Waals surface area contributed by atoms with Crippen molar-refractivity contribution in [2.45, 2.75) is 51.0 Å². The van der Waals surface area contributed by atoms with Crippen molar-refractivity contribution in [1.82, 2.24) is 9.55 Å². The average molecular weight is 445 g/mol. The fourth-order valence-corrected chi connectivity index (χ4v) is 4.58. The number of carbonyl (C=O) groups excluding carboxylic acids is 2. The maximum atomic E-state index is 13.1. The van der Waals surface area contributed by atoms with Crippen molar-refractivity contribution in [2.24, 2.45) is 7.05 Å². The van der Waals surface area contributed by atoms with Gasteiger partial charge in [0, 0.05) is 31.6 Å². The van der Waals surface area contributed by atoms with Crippen LogP contribution in [0.1, 0.15) is 55.5 Å². The monoisotopic (exact) mass is 444 g/mol. The number of esters is 1. The number of nitrogens with zero attached hydrogens (tertiary/aromatic N) is 4. The predicted molar refractivity (Wildman–Crippen MR) is 126 cm³/mol. The number of hydrogen-bond acceptors (Lipinski definition) is 5. The number of aromatic nitrogens is 2. The van der Waals surface area contributed by atoms with Gasteiger partial charge in [-0.2, -0.15) is 5.26 Å². The molecule has 2 aromatic carbocycles. The van der Waals surface area contributed by atoms with Crippen LogP contribution in [0.2, 0.25) is 0 Å². The average Bonchev–Trinajstić information content (AvgIpc) is 3.46. The van der Waals surface area contributed by atoms with Crippen molar-refractivity contribution in [3.8, 4) is 6.07 Å². The van der Waals surface area contributed by atoms with Gasteiger partial charge in [-0.05, 0) is 48.7 Å². The number of hydrogen-bond donors (Lipinski definition) is 0. The Morgan fingerprint density at radius 1 is 1.15 bits per heavy atom. The fourth-order valence-electron chi connectivity index (χ4n) is 4.58. The standard InChI is InChI=1S/C26H28N4O3/c1-29-23-12-11-21(30(20-5-3-4-6-20)25(31)13-14-26(32)33-2)16-22(23)28-24(29)15-18-7-9-19(17-27)10-8-18/h7-12,16,20H,3-6,13-15H2,1-2H3. The minimum atomic E-state index is -0.373. The molecule has 1 aliphatic carbocycles. The van der Waals surface area contributed by atoms with Crippen LogP contribution < -0.4 is 4.90 Å². The van der Waals surface area contributed by atoms with E-state index in [1.165, 1.54) is 7.11 Å². The third kappa shape index (κ3) is 4.90. The third-order valence-corrected chi connectivity index (χ3v) is 6.41. The molecule has 1 saturated carbocycles. The molecule has 7 nitrogen and oxygen atoms in total. The lowest BCUT2D eigenvalue weighted by Crippen LogP contribution is -2.39. The van der Waals surface area contributed by atoms with Crippen molar-refractivity contribution in [3.63, 3.8) is 0 Å². The first-order chi connectivity index (χ1) is 16.0. The molecule has 0 bridgehead atoms. The second-order valence-electron chi connectivity index (χ2n) is 8.52. The maximum Gasteiger partial charge on any atom is 0.306 e. The van der Waals surface area contributed by atoms with E-state index in [-0.39, 0.29) is 30.8 Å². The molecular weight excluding hydrogens is 416 g/mol. The van der Waals surface area contributed by atoms with E-state index in [2.05, 4.69) is 10.6 Å². The number of amides is 1. The summed E-state index contributed by atoms with van der Waals surface area (Å²) < 4.78 is 6.77. The molecular formula is C26H28N4O3. The van der Waals surface area contributed by atoms with E-state index in [1.807, 2.05) is 54.4 Å². The van der Waals surface area contributed by atoms with Crippen LogP contribution in [0.5, 0.6) is 0 Å². The number of aryl methyl sites for hydroxylation is 1. The Labute approximate surface area is 193 Å². The highest BCUT2D eigenvalue weighted by Crippen LogP contribution is 2.31. The van der Waals surface area contributed by atoms with Crippen LogP contribution in [0.15, 0.2) is 42.5 Å². The molecule has 4 rings (SSSR count). The number of carbonyl (C=O) groups is 2. The Hall–Kier alpha value is -3.66. The third-order valence-electron chi connectivity index (χ3n) is 6.41. The number of ether oxygens (including phenoxy) is 1. The zero-order valence-corrected chi connectivity index (χ0v) is 19.1. The van der Waals surface area contributed by atoms with Crippen LogP contribution in [0.4, 0.5) is 5.69 Å². The van der Waals surface area contributed by atoms with Gasteiger partial charge in [0.15, 0.2) is 0 Å². The summed E-state index contributed by atoms with van der Waals surface area (Å²) in [6.07, 6.45) is 5.00. The van der Waals surface area contributed by atoms with Crippen LogP contribution in [0.25, 0.3) is 11.0 Å². The summed E-state index contributed by atoms with van der Waals surface area (Å²) >= 11 is 0. The molecule has 1 aliphatic rings. The SMILES string of the molecule is COC(=O)CCC(=O)N(c1ccc2c(c1)nc(Cc1ccc(C#N)cc1)n2C)C1CCCC1. The van der Waals surface area contributed by atoms with E-state index in [9.17, 15) is 9.59 Å². The number of anilines is 1. The molecule has 7 heteroatoms. The summed E-state index contributed by atoms with van der Waals surface area (Å²) in [7, 11) is 3.33. The molecule has 0 spiro atoms. The highest BCUT2D eigenvalue weighted by atomic mass is 16.5. The van der Waals surface area contributed by atoms with Gasteiger partial charge in [0.25, 0.3) is 0 Å². The highest BCUT2D eigenvalue weighted by molar-refractivity contribution is 5.97. The first-order valence-corrected chi connectivity index (χ1v) is 11.3. The van der Waals surface area contributed by atoms with Crippen LogP contribution >= 0.6 is 0 Å². The van der Waals surface area contributed by atoms with Gasteiger partial charge in [-0.15, -0.1) is 0 Å². The van der Waals surface area contributed by atoms with Crippen LogP contribution in [0, 0.1) is 11.3 Å². The van der Waals surface area contributed by atoms with Gasteiger partial charge in [-0.25, -0.2) is 4.98 Å². The van der Waals surface area contributed by atoms with Gasteiger partial charge in [-0.1, -0.05) is 25.0 Å². The lowest BCUT2D eigenvalue weighted by molar-refractivity contribution is -0.141. The summed E-state index contributed by atoms with van der Waals surface area (Å²) in [5.41, 5.74) is 4.38. The fraction of sp³-hybridized carbons (Fsp3) is 0.385. The summed E-state index contributed by atoms with van der Waals surface area (Å²) in [4.78, 5) is 31.4. The van der Waals surface area contributed by atoms with Crippen LogP contribution in [-0.4, -0.2) is 34.6 Å². The molecule has 0 aliphatic heterocycles. The van der Waals surface area contributed by atoms with Gasteiger partial charge >= 0.3 is 5.97 Å². The zero-order chi connectivity index (χ0) is 23.4. The second-order valence-corrected chi connectivity index (χ2v) is 8.52. The molecule has 33 heavy (non-hydrogen) atoms. The van der Waals surface area contributed by atoms with Gasteiger partial charge in [0.2, 0.25) is 5.91 Å². The quantitative estimate of drug-likeness (QED) is 0.508. The van der Waals surface area contributed by atoms with Crippen LogP contribution in [-0.2, 0) is 27.8 Å². The number of nitriles is 1. The molecule has 0 saturated heterocycles. The molecule has 1 amide bonds. The molecule has 170 valence electrons. The Balaban J connectivity index is 1.62. The summed E-state index contributed by atoms with van der Waals surface area (Å²) in [5.74, 6) is 0.485. The number of methoxy groups -OCH3 is 1. The van der Waals surface area contributed by atoms with Crippen LogP contribution in [0.3, 0.4) is 0 Å². The Morgan fingerprint density at radius 3 is 2.55 bits per heavy atom. The zero-order valence-electron chi connectivity index (χ0n) is 19.1. The van der Waals surface area contributed by atoms with E-state index in [0.717, 1.165) is 53.8 Å².